The smallest absolute Gasteiger partial charge is 0.243 e. The van der Waals surface area contributed by atoms with Gasteiger partial charge in [-0.25, -0.2) is 4.52 Å². The van der Waals surface area contributed by atoms with Crippen molar-refractivity contribution in [3.63, 3.8) is 0 Å². The van der Waals surface area contributed by atoms with Crippen molar-refractivity contribution < 1.29 is 0 Å². The average Bonchev–Trinajstić information content (AvgIpc) is 2.56. The Hall–Kier alpha value is -1.36. The van der Waals surface area contributed by atoms with Gasteiger partial charge in [0, 0.05) is 17.2 Å². The molecule has 0 amide bonds. The van der Waals surface area contributed by atoms with E-state index in [1.54, 1.807) is 4.52 Å². The van der Waals surface area contributed by atoms with Crippen LogP contribution in [0, 0.1) is 6.92 Å². The molecule has 4 nitrogen and oxygen atoms in total. The first-order chi connectivity index (χ1) is 7.15. The molecule has 2 aromatic rings. The SMILES string of the molecule is C=C(Br)CNc1nc2ccc(C)cn2n1. The summed E-state index contributed by atoms with van der Waals surface area (Å²) in [7, 11) is 0. The Morgan fingerprint density at radius 3 is 3.13 bits per heavy atom. The van der Waals surface area contributed by atoms with Crippen molar-refractivity contribution in [1.82, 2.24) is 14.6 Å². The summed E-state index contributed by atoms with van der Waals surface area (Å²) in [4.78, 5) is 4.30. The van der Waals surface area contributed by atoms with E-state index in [1.165, 1.54) is 0 Å². The number of aryl methyl sites for hydroxylation is 1. The van der Waals surface area contributed by atoms with Crippen LogP contribution in [-0.2, 0) is 0 Å². The van der Waals surface area contributed by atoms with Gasteiger partial charge in [0.05, 0.1) is 0 Å². The van der Waals surface area contributed by atoms with Crippen molar-refractivity contribution in [3.8, 4) is 0 Å². The summed E-state index contributed by atoms with van der Waals surface area (Å²) in [5, 5.41) is 7.34. The van der Waals surface area contributed by atoms with E-state index in [-0.39, 0.29) is 0 Å². The number of aromatic nitrogens is 3. The van der Waals surface area contributed by atoms with Gasteiger partial charge < -0.3 is 5.32 Å². The molecule has 0 bridgehead atoms. The summed E-state index contributed by atoms with van der Waals surface area (Å²) in [6.07, 6.45) is 1.94. The molecule has 1 N–H and O–H groups in total. The van der Waals surface area contributed by atoms with E-state index in [9.17, 15) is 0 Å². The Bertz CT molecular complexity index is 503. The molecule has 0 unspecified atom stereocenters. The van der Waals surface area contributed by atoms with Gasteiger partial charge in [-0.15, -0.1) is 5.10 Å². The van der Waals surface area contributed by atoms with Gasteiger partial charge in [0.2, 0.25) is 5.95 Å². The summed E-state index contributed by atoms with van der Waals surface area (Å²) in [5.41, 5.74) is 1.99. The lowest BCUT2D eigenvalue weighted by molar-refractivity contribution is 0.950. The van der Waals surface area contributed by atoms with E-state index >= 15 is 0 Å². The minimum atomic E-state index is 0.612. The largest absolute Gasteiger partial charge is 0.348 e. The highest BCUT2D eigenvalue weighted by atomic mass is 79.9. The molecular weight excluding hydrogens is 256 g/mol. The van der Waals surface area contributed by atoms with E-state index in [0.717, 1.165) is 15.7 Å². The van der Waals surface area contributed by atoms with Gasteiger partial charge in [-0.2, -0.15) is 4.98 Å². The molecule has 2 aromatic heterocycles. The molecule has 0 radical (unpaired) electrons. The van der Waals surface area contributed by atoms with Crippen molar-refractivity contribution in [2.45, 2.75) is 6.92 Å². The number of pyridine rings is 1. The summed E-state index contributed by atoms with van der Waals surface area (Å²) < 4.78 is 2.63. The van der Waals surface area contributed by atoms with Crippen molar-refractivity contribution >= 4 is 27.5 Å². The minimum Gasteiger partial charge on any atom is -0.348 e. The van der Waals surface area contributed by atoms with Gasteiger partial charge in [0.25, 0.3) is 0 Å². The molecule has 0 saturated carbocycles. The van der Waals surface area contributed by atoms with Crippen LogP contribution in [0.2, 0.25) is 0 Å². The fraction of sp³-hybridized carbons (Fsp3) is 0.200. The number of hydrogen-bond acceptors (Lipinski definition) is 3. The Balaban J connectivity index is 2.27. The lowest BCUT2D eigenvalue weighted by atomic mass is 10.3. The molecule has 0 aliphatic heterocycles. The number of fused-ring (bicyclic) bond motifs is 1. The van der Waals surface area contributed by atoms with Gasteiger partial charge in [-0.1, -0.05) is 28.6 Å². The van der Waals surface area contributed by atoms with Crippen LogP contribution in [0.1, 0.15) is 5.56 Å². The third kappa shape index (κ3) is 2.36. The molecule has 15 heavy (non-hydrogen) atoms. The van der Waals surface area contributed by atoms with E-state index in [2.05, 4.69) is 37.9 Å². The van der Waals surface area contributed by atoms with Crippen molar-refractivity contribution in [3.05, 3.63) is 35.0 Å². The zero-order valence-corrected chi connectivity index (χ0v) is 9.95. The van der Waals surface area contributed by atoms with Crippen LogP contribution in [0.25, 0.3) is 5.65 Å². The maximum atomic E-state index is 4.30. The Labute approximate surface area is 96.1 Å². The molecule has 0 fully saturated rings. The van der Waals surface area contributed by atoms with Gasteiger partial charge in [0.15, 0.2) is 5.65 Å². The third-order valence-electron chi connectivity index (χ3n) is 1.92. The van der Waals surface area contributed by atoms with Gasteiger partial charge in [-0.05, 0) is 18.6 Å². The van der Waals surface area contributed by atoms with Crippen LogP contribution >= 0.6 is 15.9 Å². The molecule has 0 aromatic carbocycles. The fourth-order valence-electron chi connectivity index (χ4n) is 1.24. The monoisotopic (exact) mass is 266 g/mol. The Kier molecular flexibility index (Phi) is 2.73. The second kappa shape index (κ2) is 4.02. The normalized spacial score (nSPS) is 10.5. The summed E-state index contributed by atoms with van der Waals surface area (Å²) >= 11 is 3.27. The fourth-order valence-corrected chi connectivity index (χ4v) is 1.38. The zero-order chi connectivity index (χ0) is 10.8. The molecule has 0 aliphatic carbocycles. The quantitative estimate of drug-likeness (QED) is 0.928. The zero-order valence-electron chi connectivity index (χ0n) is 8.37. The lowest BCUT2D eigenvalue weighted by Gasteiger charge is -1.96. The maximum Gasteiger partial charge on any atom is 0.243 e. The lowest BCUT2D eigenvalue weighted by Crippen LogP contribution is -2.02. The van der Waals surface area contributed by atoms with E-state index < -0.39 is 0 Å². The van der Waals surface area contributed by atoms with Crippen LogP contribution < -0.4 is 5.32 Å². The first-order valence-corrected chi connectivity index (χ1v) is 5.34. The van der Waals surface area contributed by atoms with Gasteiger partial charge in [-0.3, -0.25) is 0 Å². The first-order valence-electron chi connectivity index (χ1n) is 4.55. The topological polar surface area (TPSA) is 42.2 Å². The predicted octanol–water partition coefficient (Wildman–Crippen LogP) is 2.36. The molecule has 78 valence electrons. The Morgan fingerprint density at radius 2 is 2.40 bits per heavy atom. The van der Waals surface area contributed by atoms with Crippen LogP contribution in [0.4, 0.5) is 5.95 Å². The summed E-state index contributed by atoms with van der Waals surface area (Å²) in [6, 6.07) is 3.95. The second-order valence-corrected chi connectivity index (χ2v) is 4.44. The average molecular weight is 267 g/mol. The van der Waals surface area contributed by atoms with Gasteiger partial charge >= 0.3 is 0 Å². The van der Waals surface area contributed by atoms with Crippen molar-refractivity contribution in [2.75, 3.05) is 11.9 Å². The standard InChI is InChI=1S/C10H11BrN4/c1-7-3-4-9-13-10(12-5-8(2)11)14-15(9)6-7/h3-4,6H,2,5H2,1H3,(H,12,14). The van der Waals surface area contributed by atoms with E-state index in [1.807, 2.05) is 25.3 Å². The van der Waals surface area contributed by atoms with Gasteiger partial charge in [0.1, 0.15) is 0 Å². The van der Waals surface area contributed by atoms with E-state index in [0.29, 0.717) is 12.5 Å². The Morgan fingerprint density at radius 1 is 1.60 bits per heavy atom. The van der Waals surface area contributed by atoms with Crippen LogP contribution in [0.15, 0.2) is 29.4 Å². The number of nitrogens with one attached hydrogen (secondary N) is 1. The summed E-state index contributed by atoms with van der Waals surface area (Å²) in [5.74, 6) is 0.612. The minimum absolute atomic E-state index is 0.612. The molecule has 0 atom stereocenters. The highest BCUT2D eigenvalue weighted by molar-refractivity contribution is 9.11. The predicted molar refractivity (Wildman–Crippen MR) is 64.3 cm³/mol. The number of anilines is 1. The highest BCUT2D eigenvalue weighted by Crippen LogP contribution is 2.08. The van der Waals surface area contributed by atoms with Crippen LogP contribution in [0.3, 0.4) is 0 Å². The van der Waals surface area contributed by atoms with Crippen LogP contribution in [0.5, 0.6) is 0 Å². The first kappa shape index (κ1) is 10.2. The number of nitrogens with zero attached hydrogens (tertiary/aromatic N) is 3. The van der Waals surface area contributed by atoms with Crippen LogP contribution in [-0.4, -0.2) is 21.1 Å². The molecule has 2 heterocycles. The number of hydrogen-bond donors (Lipinski definition) is 1. The molecule has 0 saturated heterocycles. The third-order valence-corrected chi connectivity index (χ3v) is 2.20. The highest BCUT2D eigenvalue weighted by Gasteiger charge is 2.02. The maximum absolute atomic E-state index is 4.30. The molecule has 5 heteroatoms. The van der Waals surface area contributed by atoms with E-state index in [4.69, 9.17) is 0 Å². The van der Waals surface area contributed by atoms with Crippen molar-refractivity contribution in [2.24, 2.45) is 0 Å². The summed E-state index contributed by atoms with van der Waals surface area (Å²) in [6.45, 7) is 6.37. The molecule has 2 rings (SSSR count). The molecule has 0 spiro atoms. The second-order valence-electron chi connectivity index (χ2n) is 3.32. The van der Waals surface area contributed by atoms with Crippen molar-refractivity contribution in [1.29, 1.82) is 0 Å². The molecular formula is C10H11BrN4. The number of halogens is 1. The molecule has 0 aliphatic rings. The number of rotatable bonds is 3.